The van der Waals surface area contributed by atoms with E-state index in [2.05, 4.69) is 35.8 Å². The van der Waals surface area contributed by atoms with Crippen LogP contribution in [-0.4, -0.2) is 66.3 Å². The fourth-order valence-electron chi connectivity index (χ4n) is 5.00. The zero-order valence-electron chi connectivity index (χ0n) is 22.9. The van der Waals surface area contributed by atoms with Crippen LogP contribution in [0.15, 0.2) is 72.4 Å². The fourth-order valence-corrected chi connectivity index (χ4v) is 5.00. The molecule has 0 radical (unpaired) electrons. The van der Waals surface area contributed by atoms with Crippen LogP contribution in [0.3, 0.4) is 0 Å². The Hall–Kier alpha value is -3.10. The lowest BCUT2D eigenvalue weighted by molar-refractivity contribution is -0.148. The van der Waals surface area contributed by atoms with Gasteiger partial charge in [-0.05, 0) is 75.4 Å². The topological polar surface area (TPSA) is 69.8 Å². The predicted octanol–water partition coefficient (Wildman–Crippen LogP) is 5.74. The highest BCUT2D eigenvalue weighted by atomic mass is 19.4. The highest BCUT2D eigenvalue weighted by Gasteiger charge is 2.33. The second-order valence-corrected chi connectivity index (χ2v) is 10.6. The maximum atomic E-state index is 12.7. The van der Waals surface area contributed by atoms with Crippen LogP contribution in [0, 0.1) is 18.8 Å². The standard InChI is InChI=1S/C31H40F3N3O2/c1-4-24(10-9-23(3)25-12-15-36(16-13-25)21-31(32,33)34)18-26-11-8-22(2)17-28(26)29(35)7-5-6-14-37-19-27(20-37)30(38)39/h4-11,17,25,27H,3,12-16,18-21,35H2,1-2H3,(H,38,39)/b6-5-,10-9-,24-4+,29-7-. The van der Waals surface area contributed by atoms with Gasteiger partial charge in [0.2, 0.25) is 0 Å². The van der Waals surface area contributed by atoms with E-state index in [1.807, 2.05) is 44.2 Å². The number of benzene rings is 1. The number of piperidine rings is 1. The summed E-state index contributed by atoms with van der Waals surface area (Å²) in [5.41, 5.74) is 12.4. The van der Waals surface area contributed by atoms with Crippen molar-refractivity contribution in [2.24, 2.45) is 17.6 Å². The Balaban J connectivity index is 1.58. The third-order valence-electron chi connectivity index (χ3n) is 7.45. The number of carboxylic acid groups (broad SMARTS) is 1. The summed E-state index contributed by atoms with van der Waals surface area (Å²) >= 11 is 0. The number of alkyl halides is 3. The molecule has 39 heavy (non-hydrogen) atoms. The molecule has 3 rings (SSSR count). The molecule has 1 aromatic rings. The van der Waals surface area contributed by atoms with Gasteiger partial charge in [0.05, 0.1) is 12.5 Å². The van der Waals surface area contributed by atoms with E-state index in [0.29, 0.717) is 57.7 Å². The summed E-state index contributed by atoms with van der Waals surface area (Å²) in [4.78, 5) is 14.5. The second-order valence-electron chi connectivity index (χ2n) is 10.6. The molecular weight excluding hydrogens is 503 g/mol. The summed E-state index contributed by atoms with van der Waals surface area (Å²) in [6.07, 6.45) is 9.76. The van der Waals surface area contributed by atoms with E-state index < -0.39 is 18.7 Å². The van der Waals surface area contributed by atoms with Gasteiger partial charge in [-0.2, -0.15) is 13.2 Å². The molecule has 2 aliphatic heterocycles. The minimum Gasteiger partial charge on any atom is -0.481 e. The van der Waals surface area contributed by atoms with Crippen molar-refractivity contribution >= 4 is 11.7 Å². The van der Waals surface area contributed by atoms with Crippen LogP contribution in [0.2, 0.25) is 0 Å². The van der Waals surface area contributed by atoms with Gasteiger partial charge in [-0.15, -0.1) is 0 Å². The Morgan fingerprint density at radius 2 is 1.85 bits per heavy atom. The van der Waals surface area contributed by atoms with E-state index in [1.54, 1.807) is 0 Å². The van der Waals surface area contributed by atoms with Gasteiger partial charge in [-0.1, -0.05) is 60.2 Å². The third-order valence-corrected chi connectivity index (χ3v) is 7.45. The molecule has 2 heterocycles. The molecule has 0 unspecified atom stereocenters. The number of hydrogen-bond donors (Lipinski definition) is 2. The zero-order valence-corrected chi connectivity index (χ0v) is 22.9. The largest absolute Gasteiger partial charge is 0.481 e. The monoisotopic (exact) mass is 543 g/mol. The number of likely N-dealkylation sites (tertiary alicyclic amines) is 2. The summed E-state index contributed by atoms with van der Waals surface area (Å²) < 4.78 is 38.0. The number of allylic oxidation sites excluding steroid dienone is 7. The Bertz CT molecular complexity index is 1140. The van der Waals surface area contributed by atoms with E-state index in [-0.39, 0.29) is 11.8 Å². The maximum absolute atomic E-state index is 12.7. The molecular formula is C31H40F3N3O2. The van der Waals surface area contributed by atoms with Crippen molar-refractivity contribution in [1.29, 1.82) is 0 Å². The summed E-state index contributed by atoms with van der Waals surface area (Å²) in [5.74, 6) is -0.816. The smallest absolute Gasteiger partial charge is 0.401 e. The normalized spacial score (nSPS) is 19.2. The lowest BCUT2D eigenvalue weighted by atomic mass is 9.89. The highest BCUT2D eigenvalue weighted by molar-refractivity contribution is 5.71. The molecule has 2 saturated heterocycles. The number of carbonyl (C=O) groups is 1. The van der Waals surface area contributed by atoms with Crippen molar-refractivity contribution in [3.63, 3.8) is 0 Å². The molecule has 8 heteroatoms. The van der Waals surface area contributed by atoms with E-state index in [9.17, 15) is 18.0 Å². The van der Waals surface area contributed by atoms with E-state index >= 15 is 0 Å². The molecule has 0 amide bonds. The number of carboxylic acids is 1. The van der Waals surface area contributed by atoms with Gasteiger partial charge in [-0.25, -0.2) is 0 Å². The van der Waals surface area contributed by atoms with Gasteiger partial charge in [0.1, 0.15) is 0 Å². The predicted molar refractivity (Wildman–Crippen MR) is 151 cm³/mol. The minimum atomic E-state index is -4.16. The van der Waals surface area contributed by atoms with Gasteiger partial charge in [-0.3, -0.25) is 14.6 Å². The molecule has 0 bridgehead atoms. The van der Waals surface area contributed by atoms with Crippen molar-refractivity contribution in [3.05, 3.63) is 89.1 Å². The van der Waals surface area contributed by atoms with Crippen molar-refractivity contribution in [3.8, 4) is 0 Å². The average molecular weight is 544 g/mol. The Morgan fingerprint density at radius 1 is 1.15 bits per heavy atom. The molecule has 1 aromatic carbocycles. The first-order chi connectivity index (χ1) is 18.4. The number of rotatable bonds is 11. The Labute approximate surface area is 229 Å². The molecule has 0 spiro atoms. The number of nitrogens with two attached hydrogens (primary N) is 1. The first kappa shape index (κ1) is 30.4. The summed E-state index contributed by atoms with van der Waals surface area (Å²) in [6, 6.07) is 6.23. The van der Waals surface area contributed by atoms with Gasteiger partial charge in [0.25, 0.3) is 0 Å². The number of halogens is 3. The summed E-state index contributed by atoms with van der Waals surface area (Å²) in [5, 5.41) is 8.99. The second kappa shape index (κ2) is 13.8. The number of nitrogens with zero attached hydrogens (tertiary/aromatic N) is 2. The lowest BCUT2D eigenvalue weighted by Gasteiger charge is -2.35. The quantitative estimate of drug-likeness (QED) is 0.348. The van der Waals surface area contributed by atoms with Gasteiger partial charge in [0, 0.05) is 30.9 Å². The molecule has 2 aliphatic rings. The highest BCUT2D eigenvalue weighted by Crippen LogP contribution is 2.28. The van der Waals surface area contributed by atoms with Crippen LogP contribution in [0.4, 0.5) is 13.2 Å². The fraction of sp³-hybridized carbons (Fsp3) is 0.452. The molecule has 0 aromatic heterocycles. The van der Waals surface area contributed by atoms with E-state index in [4.69, 9.17) is 10.8 Å². The van der Waals surface area contributed by atoms with Gasteiger partial charge >= 0.3 is 12.1 Å². The van der Waals surface area contributed by atoms with Crippen LogP contribution in [0.1, 0.15) is 36.5 Å². The minimum absolute atomic E-state index is 0.190. The zero-order chi connectivity index (χ0) is 28.6. The van der Waals surface area contributed by atoms with E-state index in [0.717, 1.165) is 27.8 Å². The van der Waals surface area contributed by atoms with Crippen LogP contribution in [-0.2, 0) is 11.2 Å². The van der Waals surface area contributed by atoms with Crippen molar-refractivity contribution in [2.45, 2.75) is 39.3 Å². The molecule has 212 valence electrons. The van der Waals surface area contributed by atoms with Crippen molar-refractivity contribution in [2.75, 3.05) is 39.3 Å². The first-order valence-electron chi connectivity index (χ1n) is 13.4. The molecule has 0 saturated carbocycles. The maximum Gasteiger partial charge on any atom is 0.401 e. The molecule has 0 aliphatic carbocycles. The first-order valence-corrected chi connectivity index (χ1v) is 13.4. The number of aliphatic carboxylic acids is 1. The molecule has 3 N–H and O–H groups in total. The average Bonchev–Trinajstić information content (AvgIpc) is 2.84. The SMILES string of the molecule is C=C(/C=C\C(=C/C)Cc1ccc(C)cc1/C(N)=C/C=C\CN1CC(C(=O)O)C1)C1CCN(CC(F)(F)F)CC1. The third kappa shape index (κ3) is 9.55. The summed E-state index contributed by atoms with van der Waals surface area (Å²) in [6.45, 7) is 10.1. The van der Waals surface area contributed by atoms with Crippen molar-refractivity contribution in [1.82, 2.24) is 9.80 Å². The molecule has 0 atom stereocenters. The Morgan fingerprint density at radius 3 is 2.46 bits per heavy atom. The molecule has 5 nitrogen and oxygen atoms in total. The van der Waals surface area contributed by atoms with Gasteiger partial charge in [0.15, 0.2) is 0 Å². The number of aryl methyl sites for hydroxylation is 1. The van der Waals surface area contributed by atoms with Crippen LogP contribution in [0.5, 0.6) is 0 Å². The van der Waals surface area contributed by atoms with Crippen LogP contribution < -0.4 is 5.73 Å². The van der Waals surface area contributed by atoms with Crippen LogP contribution >= 0.6 is 0 Å². The van der Waals surface area contributed by atoms with Crippen LogP contribution in [0.25, 0.3) is 5.70 Å². The summed E-state index contributed by atoms with van der Waals surface area (Å²) in [7, 11) is 0. The Kier molecular flexibility index (Phi) is 10.8. The lowest BCUT2D eigenvalue weighted by Crippen LogP contribution is -2.50. The molecule has 2 fully saturated rings. The van der Waals surface area contributed by atoms with E-state index in [1.165, 1.54) is 4.90 Å². The van der Waals surface area contributed by atoms with Crippen molar-refractivity contribution < 1.29 is 23.1 Å². The number of hydrogen-bond acceptors (Lipinski definition) is 4. The van der Waals surface area contributed by atoms with Gasteiger partial charge < -0.3 is 10.8 Å².